The van der Waals surface area contributed by atoms with E-state index >= 15 is 0 Å². The molecule has 0 radical (unpaired) electrons. The van der Waals surface area contributed by atoms with Crippen LogP contribution in [0.25, 0.3) is 11.2 Å². The summed E-state index contributed by atoms with van der Waals surface area (Å²) < 4.78 is 0. The van der Waals surface area contributed by atoms with E-state index in [2.05, 4.69) is 30.2 Å². The van der Waals surface area contributed by atoms with Gasteiger partial charge < -0.3 is 10.3 Å². The molecule has 6 nitrogen and oxygen atoms in total. The molecule has 6 heteroatoms. The van der Waals surface area contributed by atoms with Gasteiger partial charge in [-0.3, -0.25) is 4.90 Å². The molecular weight excluding hydrogens is 252 g/mol. The van der Waals surface area contributed by atoms with Crippen molar-refractivity contribution in [1.29, 1.82) is 0 Å². The molecule has 0 saturated carbocycles. The highest BCUT2D eigenvalue weighted by Gasteiger charge is 2.34. The van der Waals surface area contributed by atoms with Crippen LogP contribution in [-0.2, 0) is 0 Å². The first-order chi connectivity index (χ1) is 9.92. The number of nitrogens with one attached hydrogen (secondary N) is 2. The molecule has 1 atom stereocenters. The molecule has 2 saturated heterocycles. The molecule has 20 heavy (non-hydrogen) atoms. The molecule has 2 aliphatic rings. The minimum absolute atomic E-state index is 0.423. The zero-order valence-corrected chi connectivity index (χ0v) is 11.5. The Morgan fingerprint density at radius 2 is 2.10 bits per heavy atom. The van der Waals surface area contributed by atoms with Gasteiger partial charge in [0.25, 0.3) is 0 Å². The van der Waals surface area contributed by atoms with Gasteiger partial charge >= 0.3 is 0 Å². The highest BCUT2D eigenvalue weighted by Crippen LogP contribution is 2.34. The van der Waals surface area contributed by atoms with Gasteiger partial charge in [-0.2, -0.15) is 0 Å². The molecule has 106 valence electrons. The Hall–Kier alpha value is -1.53. The van der Waals surface area contributed by atoms with Gasteiger partial charge in [-0.05, 0) is 45.3 Å². The number of aromatic nitrogens is 4. The molecule has 1 unspecified atom stereocenters. The predicted molar refractivity (Wildman–Crippen MR) is 76.3 cm³/mol. The average molecular weight is 272 g/mol. The molecule has 4 heterocycles. The van der Waals surface area contributed by atoms with Gasteiger partial charge in [0.15, 0.2) is 5.65 Å². The molecule has 2 aliphatic heterocycles. The zero-order chi connectivity index (χ0) is 13.4. The first-order valence-electron chi connectivity index (χ1n) is 7.54. The summed E-state index contributed by atoms with van der Waals surface area (Å²) in [4.78, 5) is 19.0. The van der Waals surface area contributed by atoms with Crippen LogP contribution in [0.4, 0.5) is 0 Å². The Kier molecular flexibility index (Phi) is 3.12. The highest BCUT2D eigenvalue weighted by molar-refractivity contribution is 5.68. The molecule has 2 aromatic rings. The molecule has 0 spiro atoms. The van der Waals surface area contributed by atoms with Gasteiger partial charge in [-0.15, -0.1) is 0 Å². The Balaban J connectivity index is 1.62. The molecule has 0 aromatic carbocycles. The normalized spacial score (nSPS) is 25.5. The molecule has 2 aromatic heterocycles. The fraction of sp³-hybridized carbons (Fsp3) is 0.643. The summed E-state index contributed by atoms with van der Waals surface area (Å²) in [7, 11) is 0. The van der Waals surface area contributed by atoms with Crippen LogP contribution in [0.1, 0.15) is 37.5 Å². The van der Waals surface area contributed by atoms with Crippen molar-refractivity contribution in [1.82, 2.24) is 30.2 Å². The third-order valence-corrected chi connectivity index (χ3v) is 4.57. The van der Waals surface area contributed by atoms with Crippen molar-refractivity contribution in [3.05, 3.63) is 18.3 Å². The van der Waals surface area contributed by atoms with Crippen LogP contribution in [0.5, 0.6) is 0 Å². The van der Waals surface area contributed by atoms with Gasteiger partial charge in [0, 0.05) is 6.04 Å². The third-order valence-electron chi connectivity index (χ3n) is 4.57. The molecule has 0 aliphatic carbocycles. The van der Waals surface area contributed by atoms with E-state index in [4.69, 9.17) is 0 Å². The lowest BCUT2D eigenvalue weighted by Gasteiger charge is -2.35. The number of imidazole rings is 1. The number of rotatable bonds is 2. The van der Waals surface area contributed by atoms with E-state index in [1.54, 1.807) is 6.33 Å². The number of hydrogen-bond acceptors (Lipinski definition) is 5. The summed E-state index contributed by atoms with van der Waals surface area (Å²) in [6.45, 7) is 3.47. The maximum atomic E-state index is 4.68. The van der Waals surface area contributed by atoms with Crippen LogP contribution in [0.2, 0.25) is 0 Å². The number of hydrogen-bond donors (Lipinski definition) is 2. The van der Waals surface area contributed by atoms with Gasteiger partial charge in [-0.1, -0.05) is 0 Å². The standard InChI is InChI=1S/C14H20N6/c1-2-12(20(7-1)10-3-5-15-6-4-10)14-18-11-8-16-9-17-13(11)19-14/h8-10,12,15H,1-7H2,(H,16,17,18,19). The minimum atomic E-state index is 0.423. The van der Waals surface area contributed by atoms with Crippen LogP contribution in [0.3, 0.4) is 0 Å². The smallest absolute Gasteiger partial charge is 0.180 e. The lowest BCUT2D eigenvalue weighted by molar-refractivity contribution is 0.144. The van der Waals surface area contributed by atoms with Crippen LogP contribution in [0, 0.1) is 0 Å². The second-order valence-corrected chi connectivity index (χ2v) is 5.76. The zero-order valence-electron chi connectivity index (χ0n) is 11.5. The van der Waals surface area contributed by atoms with E-state index < -0.39 is 0 Å². The molecular formula is C14H20N6. The van der Waals surface area contributed by atoms with Crippen LogP contribution in [0.15, 0.2) is 12.5 Å². The molecule has 2 fully saturated rings. The van der Waals surface area contributed by atoms with Crippen molar-refractivity contribution in [2.24, 2.45) is 0 Å². The third kappa shape index (κ3) is 2.09. The summed E-state index contributed by atoms with van der Waals surface area (Å²) in [5.74, 6) is 1.07. The number of nitrogens with zero attached hydrogens (tertiary/aromatic N) is 4. The summed E-state index contributed by atoms with van der Waals surface area (Å²) in [5.41, 5.74) is 1.73. The van der Waals surface area contributed by atoms with Crippen molar-refractivity contribution < 1.29 is 0 Å². The van der Waals surface area contributed by atoms with Crippen molar-refractivity contribution in [2.45, 2.75) is 37.8 Å². The summed E-state index contributed by atoms with van der Waals surface area (Å²) >= 11 is 0. The van der Waals surface area contributed by atoms with E-state index in [1.807, 2.05) is 6.20 Å². The second-order valence-electron chi connectivity index (χ2n) is 5.76. The van der Waals surface area contributed by atoms with Gasteiger partial charge in [0.1, 0.15) is 17.7 Å². The van der Waals surface area contributed by atoms with Crippen LogP contribution >= 0.6 is 0 Å². The van der Waals surface area contributed by atoms with Crippen molar-refractivity contribution in [2.75, 3.05) is 19.6 Å². The molecule has 2 N–H and O–H groups in total. The van der Waals surface area contributed by atoms with Gasteiger partial charge in [0.05, 0.1) is 12.2 Å². The fourth-order valence-electron chi connectivity index (χ4n) is 3.60. The predicted octanol–water partition coefficient (Wildman–Crippen LogP) is 1.24. The van der Waals surface area contributed by atoms with Crippen molar-refractivity contribution in [3.63, 3.8) is 0 Å². The largest absolute Gasteiger partial charge is 0.338 e. The van der Waals surface area contributed by atoms with E-state index in [9.17, 15) is 0 Å². The SMILES string of the molecule is c1ncc2[nH]c(C3CCCN3C3CCNCC3)nc2n1. The summed E-state index contributed by atoms with van der Waals surface area (Å²) in [6, 6.07) is 1.12. The fourth-order valence-corrected chi connectivity index (χ4v) is 3.60. The monoisotopic (exact) mass is 272 g/mol. The van der Waals surface area contributed by atoms with Gasteiger partial charge in [-0.25, -0.2) is 15.0 Å². The first kappa shape index (κ1) is 12.2. The number of fused-ring (bicyclic) bond motifs is 1. The number of aromatic amines is 1. The maximum absolute atomic E-state index is 4.68. The minimum Gasteiger partial charge on any atom is -0.338 e. The highest BCUT2D eigenvalue weighted by atomic mass is 15.2. The first-order valence-corrected chi connectivity index (χ1v) is 7.54. The second kappa shape index (κ2) is 5.10. The quantitative estimate of drug-likeness (QED) is 0.861. The summed E-state index contributed by atoms with van der Waals surface area (Å²) in [5, 5.41) is 3.45. The Bertz CT molecular complexity index is 555. The molecule has 4 rings (SSSR count). The van der Waals surface area contributed by atoms with Gasteiger partial charge in [0.2, 0.25) is 0 Å². The van der Waals surface area contributed by atoms with E-state index in [1.165, 1.54) is 32.2 Å². The van der Waals surface area contributed by atoms with E-state index in [0.717, 1.165) is 30.1 Å². The van der Waals surface area contributed by atoms with Crippen molar-refractivity contribution >= 4 is 11.2 Å². The van der Waals surface area contributed by atoms with Crippen LogP contribution in [-0.4, -0.2) is 50.5 Å². The lowest BCUT2D eigenvalue weighted by atomic mass is 10.0. The molecule has 0 bridgehead atoms. The van der Waals surface area contributed by atoms with Crippen molar-refractivity contribution in [3.8, 4) is 0 Å². The Labute approximate surface area is 118 Å². The maximum Gasteiger partial charge on any atom is 0.180 e. The van der Waals surface area contributed by atoms with E-state index in [0.29, 0.717) is 12.1 Å². The molecule has 0 amide bonds. The number of piperidine rings is 1. The topological polar surface area (TPSA) is 69.7 Å². The van der Waals surface area contributed by atoms with E-state index in [-0.39, 0.29) is 0 Å². The number of likely N-dealkylation sites (tertiary alicyclic amines) is 1. The lowest BCUT2D eigenvalue weighted by Crippen LogP contribution is -2.42. The average Bonchev–Trinajstić information content (AvgIpc) is 3.14. The van der Waals surface area contributed by atoms with Crippen LogP contribution < -0.4 is 5.32 Å². The summed E-state index contributed by atoms with van der Waals surface area (Å²) in [6.07, 6.45) is 8.32. The Morgan fingerprint density at radius 3 is 2.95 bits per heavy atom. The Morgan fingerprint density at radius 1 is 1.20 bits per heavy atom. The number of H-pyrrole nitrogens is 1.